The Labute approximate surface area is 197 Å². The highest BCUT2D eigenvalue weighted by Gasteiger charge is 2.17. The van der Waals surface area contributed by atoms with Crippen LogP contribution in [-0.4, -0.2) is 41.1 Å². The summed E-state index contributed by atoms with van der Waals surface area (Å²) < 4.78 is 19.7. The molecule has 1 saturated heterocycles. The Kier molecular flexibility index (Phi) is 7.06. The molecule has 2 heterocycles. The number of hydrogen-bond acceptors (Lipinski definition) is 7. The van der Waals surface area contributed by atoms with Gasteiger partial charge in [-0.3, -0.25) is 4.79 Å². The van der Waals surface area contributed by atoms with Crippen LogP contribution in [0.1, 0.15) is 24.8 Å². The van der Waals surface area contributed by atoms with Crippen molar-refractivity contribution in [3.05, 3.63) is 66.6 Å². The summed E-state index contributed by atoms with van der Waals surface area (Å²) in [6, 6.07) is 9.62. The Balaban J connectivity index is 1.65. The molecule has 0 unspecified atom stereocenters. The van der Waals surface area contributed by atoms with Crippen LogP contribution in [0.4, 0.5) is 21.7 Å². The predicted molar refractivity (Wildman–Crippen MR) is 130 cm³/mol. The van der Waals surface area contributed by atoms with Gasteiger partial charge in [0.05, 0.1) is 19.0 Å². The number of allylic oxidation sites excluding steroid dienone is 1. The van der Waals surface area contributed by atoms with Crippen molar-refractivity contribution in [2.75, 3.05) is 30.4 Å². The second kappa shape index (κ2) is 10.3. The van der Waals surface area contributed by atoms with Crippen LogP contribution in [0.3, 0.4) is 0 Å². The second-order valence-electron chi connectivity index (χ2n) is 8.18. The van der Waals surface area contributed by atoms with Crippen molar-refractivity contribution < 1.29 is 19.0 Å². The zero-order chi connectivity index (χ0) is 24.1. The predicted octanol–water partition coefficient (Wildman–Crippen LogP) is 5.03. The molecule has 0 amide bonds. The van der Waals surface area contributed by atoms with Gasteiger partial charge in [0.2, 0.25) is 5.95 Å². The number of aromatic nitrogens is 2. The van der Waals surface area contributed by atoms with E-state index in [1.54, 1.807) is 18.2 Å². The molecule has 4 rings (SSSR count). The fourth-order valence-electron chi connectivity index (χ4n) is 4.07. The fraction of sp³-hybridized carbons (Fsp3) is 0.269. The normalized spacial score (nSPS) is 13.4. The summed E-state index contributed by atoms with van der Waals surface area (Å²) in [5, 5.41) is 13.5. The van der Waals surface area contributed by atoms with Gasteiger partial charge in [-0.2, -0.15) is 0 Å². The summed E-state index contributed by atoms with van der Waals surface area (Å²) >= 11 is 0. The molecular weight excluding hydrogens is 435 g/mol. The minimum atomic E-state index is -0.482. The first-order chi connectivity index (χ1) is 16.5. The van der Waals surface area contributed by atoms with Gasteiger partial charge in [-0.25, -0.2) is 14.4 Å². The number of hydrogen-bond donors (Lipinski definition) is 2. The monoisotopic (exact) mass is 462 g/mol. The lowest BCUT2D eigenvalue weighted by molar-refractivity contribution is -0.114. The molecule has 176 valence electrons. The number of anilines is 3. The Morgan fingerprint density at radius 3 is 2.76 bits per heavy atom. The van der Waals surface area contributed by atoms with E-state index in [-0.39, 0.29) is 18.0 Å². The number of ether oxygens (including phenoxy) is 1. The van der Waals surface area contributed by atoms with E-state index < -0.39 is 5.82 Å². The van der Waals surface area contributed by atoms with Gasteiger partial charge in [0.15, 0.2) is 11.5 Å². The number of nitrogens with one attached hydrogen (secondary N) is 1. The highest BCUT2D eigenvalue weighted by Crippen LogP contribution is 2.34. The van der Waals surface area contributed by atoms with Crippen LogP contribution in [-0.2, 0) is 11.2 Å². The lowest BCUT2D eigenvalue weighted by Crippen LogP contribution is -2.29. The average molecular weight is 463 g/mol. The number of rotatable bonds is 8. The van der Waals surface area contributed by atoms with Crippen LogP contribution >= 0.6 is 0 Å². The minimum Gasteiger partial charge on any atom is -0.506 e. The first-order valence-corrected chi connectivity index (χ1v) is 11.2. The van der Waals surface area contributed by atoms with E-state index in [2.05, 4.69) is 26.8 Å². The van der Waals surface area contributed by atoms with Crippen LogP contribution in [0.2, 0.25) is 0 Å². The molecule has 0 spiro atoms. The van der Waals surface area contributed by atoms with E-state index in [0.717, 1.165) is 31.6 Å². The first-order valence-electron chi connectivity index (χ1n) is 11.2. The molecule has 1 fully saturated rings. The van der Waals surface area contributed by atoms with E-state index in [1.165, 1.54) is 37.9 Å². The molecule has 0 aliphatic carbocycles. The number of nitrogens with zero attached hydrogens (tertiary/aromatic N) is 3. The highest BCUT2D eigenvalue weighted by atomic mass is 19.1. The van der Waals surface area contributed by atoms with Gasteiger partial charge in [-0.1, -0.05) is 6.58 Å². The van der Waals surface area contributed by atoms with Crippen LogP contribution < -0.4 is 15.0 Å². The molecule has 2 aromatic carbocycles. The Bertz CT molecular complexity index is 1210. The standard InChI is InChI=1S/C26H27FN4O3/c1-3-21(32)13-17-11-18(14-19(27)12-17)25-24(34-2)16-28-26(30-25)29-20-7-8-23(33)22(15-20)31-9-5-4-6-10-31/h3,7-8,11-12,14-16,33H,1,4-6,9-10,13H2,2H3,(H,28,29,30). The van der Waals surface area contributed by atoms with Crippen LogP contribution in [0.15, 0.2) is 55.3 Å². The molecule has 1 aliphatic rings. The van der Waals surface area contributed by atoms with E-state index in [4.69, 9.17) is 4.74 Å². The number of benzene rings is 2. The maximum Gasteiger partial charge on any atom is 0.227 e. The first kappa shape index (κ1) is 23.2. The zero-order valence-corrected chi connectivity index (χ0v) is 19.1. The highest BCUT2D eigenvalue weighted by molar-refractivity contribution is 5.91. The Morgan fingerprint density at radius 1 is 1.24 bits per heavy atom. The van der Waals surface area contributed by atoms with Crippen LogP contribution in [0.25, 0.3) is 11.3 Å². The van der Waals surface area contributed by atoms with Crippen molar-refractivity contribution in [2.45, 2.75) is 25.7 Å². The number of carbonyl (C=O) groups excluding carboxylic acids is 1. The molecule has 0 atom stereocenters. The molecule has 1 aromatic heterocycles. The average Bonchev–Trinajstić information content (AvgIpc) is 2.85. The molecule has 0 radical (unpaired) electrons. The van der Waals surface area contributed by atoms with Crippen molar-refractivity contribution in [3.8, 4) is 22.8 Å². The van der Waals surface area contributed by atoms with Gasteiger partial charge < -0.3 is 20.1 Å². The zero-order valence-electron chi connectivity index (χ0n) is 19.1. The van der Waals surface area contributed by atoms with Crippen molar-refractivity contribution in [1.82, 2.24) is 9.97 Å². The number of ketones is 1. The fourth-order valence-corrected chi connectivity index (χ4v) is 4.07. The largest absolute Gasteiger partial charge is 0.506 e. The number of aromatic hydroxyl groups is 1. The van der Waals surface area contributed by atoms with Gasteiger partial charge in [-0.05, 0) is 67.3 Å². The molecule has 0 bridgehead atoms. The number of phenols is 1. The summed E-state index contributed by atoms with van der Waals surface area (Å²) in [5.74, 6) is 0.204. The van der Waals surface area contributed by atoms with Gasteiger partial charge in [0.1, 0.15) is 17.3 Å². The molecule has 7 nitrogen and oxygen atoms in total. The van der Waals surface area contributed by atoms with Gasteiger partial charge >= 0.3 is 0 Å². The summed E-state index contributed by atoms with van der Waals surface area (Å²) in [6.45, 7) is 5.27. The lowest BCUT2D eigenvalue weighted by Gasteiger charge is -2.29. The Morgan fingerprint density at radius 2 is 2.03 bits per heavy atom. The maximum absolute atomic E-state index is 14.3. The molecule has 3 aromatic rings. The SMILES string of the molecule is C=CC(=O)Cc1cc(F)cc(-c2nc(Nc3ccc(O)c(N4CCCCC4)c3)ncc2OC)c1. The second-order valence-corrected chi connectivity index (χ2v) is 8.18. The molecule has 8 heteroatoms. The third kappa shape index (κ3) is 5.33. The van der Waals surface area contributed by atoms with E-state index in [9.17, 15) is 14.3 Å². The number of piperidine rings is 1. The van der Waals surface area contributed by atoms with Crippen molar-refractivity contribution in [3.63, 3.8) is 0 Å². The third-order valence-electron chi connectivity index (χ3n) is 5.74. The summed E-state index contributed by atoms with van der Waals surface area (Å²) in [6.07, 6.45) is 6.15. The molecular formula is C26H27FN4O3. The summed E-state index contributed by atoms with van der Waals surface area (Å²) in [4.78, 5) is 22.8. The molecule has 0 saturated carbocycles. The topological polar surface area (TPSA) is 87.6 Å². The quantitative estimate of drug-likeness (QED) is 0.359. The van der Waals surface area contributed by atoms with E-state index >= 15 is 0 Å². The Hall–Kier alpha value is -3.94. The van der Waals surface area contributed by atoms with Crippen molar-refractivity contribution in [1.29, 1.82) is 0 Å². The van der Waals surface area contributed by atoms with Crippen LogP contribution in [0, 0.1) is 5.82 Å². The van der Waals surface area contributed by atoms with Crippen LogP contribution in [0.5, 0.6) is 11.5 Å². The van der Waals surface area contributed by atoms with E-state index in [0.29, 0.717) is 34.2 Å². The summed E-state index contributed by atoms with van der Waals surface area (Å²) in [5.41, 5.74) is 2.85. The molecule has 2 N–H and O–H groups in total. The van der Waals surface area contributed by atoms with Gasteiger partial charge in [-0.15, -0.1) is 0 Å². The number of phenolic OH excluding ortho intramolecular Hbond substituents is 1. The van der Waals surface area contributed by atoms with Crippen molar-refractivity contribution >= 4 is 23.1 Å². The smallest absolute Gasteiger partial charge is 0.227 e. The summed E-state index contributed by atoms with van der Waals surface area (Å²) in [7, 11) is 1.49. The van der Waals surface area contributed by atoms with E-state index in [1.807, 2.05) is 6.07 Å². The van der Waals surface area contributed by atoms with Gasteiger partial charge in [0, 0.05) is 30.8 Å². The maximum atomic E-state index is 14.3. The number of halogens is 1. The number of methoxy groups -OCH3 is 1. The van der Waals surface area contributed by atoms with Gasteiger partial charge in [0.25, 0.3) is 0 Å². The molecule has 34 heavy (non-hydrogen) atoms. The number of carbonyl (C=O) groups is 1. The molecule has 1 aliphatic heterocycles. The third-order valence-corrected chi connectivity index (χ3v) is 5.74. The van der Waals surface area contributed by atoms with Crippen molar-refractivity contribution in [2.24, 2.45) is 0 Å². The minimum absolute atomic E-state index is 0.0412. The lowest BCUT2D eigenvalue weighted by atomic mass is 10.0.